The van der Waals surface area contributed by atoms with Crippen molar-refractivity contribution in [1.82, 2.24) is 0 Å². The van der Waals surface area contributed by atoms with Gasteiger partial charge in [-0.05, 0) is 0 Å². The van der Waals surface area contributed by atoms with E-state index in [1.165, 1.54) is 42.0 Å². The summed E-state index contributed by atoms with van der Waals surface area (Å²) in [5.41, 5.74) is 0. The van der Waals surface area contributed by atoms with Gasteiger partial charge in [0.25, 0.3) is 0 Å². The van der Waals surface area contributed by atoms with Crippen molar-refractivity contribution in [1.29, 1.82) is 0 Å². The Morgan fingerprint density at radius 2 is 1.00 bits per heavy atom. The minimum atomic E-state index is -1.70. The van der Waals surface area contributed by atoms with E-state index in [2.05, 4.69) is 104 Å². The van der Waals surface area contributed by atoms with Gasteiger partial charge in [0, 0.05) is 0 Å². The molecule has 0 saturated heterocycles. The van der Waals surface area contributed by atoms with Gasteiger partial charge in [0.1, 0.15) is 0 Å². The predicted octanol–water partition coefficient (Wildman–Crippen LogP) is 6.34. The Hall–Kier alpha value is 0.611. The van der Waals surface area contributed by atoms with E-state index in [4.69, 9.17) is 0 Å². The Labute approximate surface area is 219 Å². The molecule has 0 heterocycles. The minimum absolute atomic E-state index is 0.135. The second-order valence-electron chi connectivity index (χ2n) is 8.58. The fourth-order valence-corrected chi connectivity index (χ4v) is 31.0. The maximum absolute atomic E-state index is 2.46. The van der Waals surface area contributed by atoms with Gasteiger partial charge in [-0.15, -0.1) is 0 Å². The van der Waals surface area contributed by atoms with E-state index in [1.807, 2.05) is 13.2 Å². The van der Waals surface area contributed by atoms with Gasteiger partial charge in [-0.1, -0.05) is 0 Å². The third-order valence-electron chi connectivity index (χ3n) is 7.29. The van der Waals surface area contributed by atoms with Crippen molar-refractivity contribution in [3.8, 4) is 0 Å². The van der Waals surface area contributed by atoms with Crippen LogP contribution in [0.5, 0.6) is 0 Å². The molecule has 0 saturated carbocycles. The molecule has 0 aliphatic carbocycles. The van der Waals surface area contributed by atoms with E-state index in [9.17, 15) is 0 Å². The van der Waals surface area contributed by atoms with Gasteiger partial charge in [0.15, 0.2) is 0 Å². The van der Waals surface area contributed by atoms with Crippen LogP contribution < -0.4 is 17.6 Å². The Kier molecular flexibility index (Phi) is 16.4. The fourth-order valence-electron chi connectivity index (χ4n) is 4.97. The molecule has 0 bridgehead atoms. The zero-order valence-corrected chi connectivity index (χ0v) is 30.7. The average molecular weight is 675 g/mol. The summed E-state index contributed by atoms with van der Waals surface area (Å²) in [5, 5.41) is 11.6. The molecule has 0 atom stereocenters. The fraction of sp³-hybridized carbons (Fsp3) is 0.571. The van der Waals surface area contributed by atoms with Crippen molar-refractivity contribution in [3.63, 3.8) is 0 Å². The molecule has 0 spiro atoms. The second-order valence-corrected chi connectivity index (χ2v) is 36.2. The first-order valence-corrected chi connectivity index (χ1v) is 29.2. The standard InChI is InChI=1S/2C14H24Ge2/c1-5-15-13-11-9-10-12-14(13)16(6-2,7-3)8-4;1-5-15(6-2)13-11-9-10-12-14(13)16(7-3)8-4/h2*9-12H,5-8H2,1-4H3. The van der Waals surface area contributed by atoms with Gasteiger partial charge in [-0.3, -0.25) is 0 Å². The molecule has 0 aromatic heterocycles. The predicted molar refractivity (Wildman–Crippen MR) is 158 cm³/mol. The zero-order valence-electron chi connectivity index (χ0n) is 22.3. The molecule has 0 fully saturated rings. The van der Waals surface area contributed by atoms with Crippen LogP contribution in [0.4, 0.5) is 0 Å². The Bertz CT molecular complexity index is 707. The third kappa shape index (κ3) is 8.38. The van der Waals surface area contributed by atoms with Crippen LogP contribution in [0.2, 0.25) is 42.0 Å². The number of hydrogen-bond donors (Lipinski definition) is 0. The van der Waals surface area contributed by atoms with Crippen LogP contribution in [-0.2, 0) is 0 Å². The van der Waals surface area contributed by atoms with Crippen molar-refractivity contribution in [3.05, 3.63) is 48.5 Å². The Morgan fingerprint density at radius 1 is 0.594 bits per heavy atom. The molecule has 4 heteroatoms. The molecule has 0 aliphatic heterocycles. The quantitative estimate of drug-likeness (QED) is 0.231. The molecule has 0 nitrogen and oxygen atoms in total. The van der Waals surface area contributed by atoms with E-state index in [0.717, 1.165) is 0 Å². The number of benzene rings is 2. The second kappa shape index (κ2) is 17.1. The normalized spacial score (nSPS) is 11.6. The van der Waals surface area contributed by atoms with E-state index < -0.39 is 42.0 Å². The summed E-state index contributed by atoms with van der Waals surface area (Å²) in [6.07, 6.45) is 0. The van der Waals surface area contributed by atoms with Crippen molar-refractivity contribution < 1.29 is 0 Å². The van der Waals surface area contributed by atoms with Crippen molar-refractivity contribution in [2.24, 2.45) is 0 Å². The summed E-state index contributed by atoms with van der Waals surface area (Å²) in [4.78, 5) is 0. The molecule has 2 rings (SSSR count). The van der Waals surface area contributed by atoms with Crippen molar-refractivity contribution in [2.75, 3.05) is 0 Å². The monoisotopic (exact) mass is 680 g/mol. The van der Waals surface area contributed by atoms with Gasteiger partial charge >= 0.3 is 221 Å². The van der Waals surface area contributed by atoms with Gasteiger partial charge < -0.3 is 0 Å². The summed E-state index contributed by atoms with van der Waals surface area (Å²) in [7, 11) is 0. The first kappa shape index (κ1) is 30.6. The van der Waals surface area contributed by atoms with E-state index in [1.54, 1.807) is 4.40 Å². The SMILES string of the molecule is C[CH2][Ge]([CH2]C)[c]1cccc[c]1[Ge]([CH2]C)[CH2]C.C[CH2][Ge][c]1cccc[c]1[Ge]([CH2]C)([CH2]C)[CH2]C. The summed E-state index contributed by atoms with van der Waals surface area (Å²) >= 11 is -3.40. The summed E-state index contributed by atoms with van der Waals surface area (Å²) in [6, 6.07) is 18.8. The van der Waals surface area contributed by atoms with Crippen LogP contribution in [-0.4, -0.2) is 57.4 Å². The molecular weight excluding hydrogens is 627 g/mol. The maximum atomic E-state index is 2.46. The first-order valence-electron chi connectivity index (χ1n) is 13.1. The number of hydrogen-bond acceptors (Lipinski definition) is 0. The van der Waals surface area contributed by atoms with E-state index in [-0.39, 0.29) is 15.4 Å². The van der Waals surface area contributed by atoms with Gasteiger partial charge in [-0.2, -0.15) is 0 Å². The van der Waals surface area contributed by atoms with Gasteiger partial charge in [0.05, 0.1) is 0 Å². The van der Waals surface area contributed by atoms with Crippen molar-refractivity contribution in [2.45, 2.75) is 97.4 Å². The molecule has 0 N–H and O–H groups in total. The van der Waals surface area contributed by atoms with Crippen LogP contribution >= 0.6 is 0 Å². The molecular formula is C28H48Ge4. The molecule has 2 aromatic rings. The van der Waals surface area contributed by atoms with Crippen LogP contribution in [0.25, 0.3) is 0 Å². The Balaban J connectivity index is 0.000000320. The average Bonchev–Trinajstić information content (AvgIpc) is 2.84. The molecule has 0 amide bonds. The summed E-state index contributed by atoms with van der Waals surface area (Å²) in [5.74, 6) is 0. The topological polar surface area (TPSA) is 0 Å². The van der Waals surface area contributed by atoms with Crippen molar-refractivity contribution >= 4 is 75.0 Å². The summed E-state index contributed by atoms with van der Waals surface area (Å²) in [6.45, 7) is 19.2. The zero-order chi connectivity index (χ0) is 24.0. The van der Waals surface area contributed by atoms with E-state index in [0.29, 0.717) is 0 Å². The van der Waals surface area contributed by atoms with Gasteiger partial charge in [0.2, 0.25) is 0 Å². The molecule has 4 radical (unpaired) electrons. The van der Waals surface area contributed by atoms with Gasteiger partial charge in [-0.25, -0.2) is 0 Å². The van der Waals surface area contributed by atoms with Crippen LogP contribution in [0, 0.1) is 0 Å². The molecule has 0 unspecified atom stereocenters. The molecule has 176 valence electrons. The first-order chi connectivity index (χ1) is 15.5. The molecule has 2 aromatic carbocycles. The summed E-state index contributed by atoms with van der Waals surface area (Å²) < 4.78 is 7.30. The molecule has 32 heavy (non-hydrogen) atoms. The Morgan fingerprint density at radius 3 is 1.38 bits per heavy atom. The van der Waals surface area contributed by atoms with Crippen LogP contribution in [0.3, 0.4) is 0 Å². The van der Waals surface area contributed by atoms with E-state index >= 15 is 0 Å². The third-order valence-corrected chi connectivity index (χ3v) is 36.0. The molecule has 0 aliphatic rings. The number of rotatable bonds is 12. The van der Waals surface area contributed by atoms with Crippen LogP contribution in [0.1, 0.15) is 55.4 Å². The van der Waals surface area contributed by atoms with Crippen LogP contribution in [0.15, 0.2) is 48.5 Å².